The van der Waals surface area contributed by atoms with Crippen molar-refractivity contribution in [1.82, 2.24) is 20.1 Å². The molecule has 0 atom stereocenters. The molecule has 5 nitrogen and oxygen atoms in total. The molecule has 0 radical (unpaired) electrons. The number of hydrogen-bond donors (Lipinski definition) is 1. The van der Waals surface area contributed by atoms with Crippen LogP contribution in [0, 0.1) is 0 Å². The van der Waals surface area contributed by atoms with Crippen molar-refractivity contribution in [3.05, 3.63) is 32.9 Å². The number of halogens is 1. The third-order valence-corrected chi connectivity index (χ3v) is 3.86. The summed E-state index contributed by atoms with van der Waals surface area (Å²) in [5.41, 5.74) is 0. The van der Waals surface area contributed by atoms with Crippen LogP contribution in [-0.4, -0.2) is 20.7 Å². The zero-order valence-electron chi connectivity index (χ0n) is 9.18. The van der Waals surface area contributed by atoms with Gasteiger partial charge in [0.1, 0.15) is 6.33 Å². The standard InChI is InChI=1S/C10H11BrN4OS/c1-2-15-6-13-14-9(15)5-12-10(16)7-3-4-8(11)17-7/h3-4,6H,2,5H2,1H3,(H,12,16). The predicted molar refractivity (Wildman–Crippen MR) is 68.9 cm³/mol. The Morgan fingerprint density at radius 2 is 2.41 bits per heavy atom. The Bertz CT molecular complexity index is 522. The Morgan fingerprint density at radius 3 is 3.06 bits per heavy atom. The van der Waals surface area contributed by atoms with Gasteiger partial charge in [0.25, 0.3) is 5.91 Å². The Morgan fingerprint density at radius 1 is 1.59 bits per heavy atom. The van der Waals surface area contributed by atoms with Crippen LogP contribution >= 0.6 is 27.3 Å². The topological polar surface area (TPSA) is 59.8 Å². The van der Waals surface area contributed by atoms with Crippen LogP contribution in [0.2, 0.25) is 0 Å². The maximum Gasteiger partial charge on any atom is 0.261 e. The lowest BCUT2D eigenvalue weighted by Gasteiger charge is -2.04. The summed E-state index contributed by atoms with van der Waals surface area (Å²) in [6, 6.07) is 3.64. The van der Waals surface area contributed by atoms with E-state index in [-0.39, 0.29) is 5.91 Å². The van der Waals surface area contributed by atoms with Crippen molar-refractivity contribution in [2.45, 2.75) is 20.0 Å². The van der Waals surface area contributed by atoms with E-state index in [0.29, 0.717) is 11.4 Å². The van der Waals surface area contributed by atoms with Gasteiger partial charge in [-0.25, -0.2) is 0 Å². The van der Waals surface area contributed by atoms with Crippen LogP contribution in [-0.2, 0) is 13.1 Å². The number of carbonyl (C=O) groups is 1. The van der Waals surface area contributed by atoms with Crippen molar-refractivity contribution in [3.8, 4) is 0 Å². The molecule has 90 valence electrons. The van der Waals surface area contributed by atoms with E-state index in [4.69, 9.17) is 0 Å². The van der Waals surface area contributed by atoms with Crippen LogP contribution in [0.4, 0.5) is 0 Å². The molecule has 0 aliphatic heterocycles. The number of rotatable bonds is 4. The third kappa shape index (κ3) is 2.92. The first-order chi connectivity index (χ1) is 8.20. The van der Waals surface area contributed by atoms with Gasteiger partial charge in [0.2, 0.25) is 0 Å². The maximum absolute atomic E-state index is 11.8. The normalized spacial score (nSPS) is 10.5. The second-order valence-electron chi connectivity index (χ2n) is 3.32. The fraction of sp³-hybridized carbons (Fsp3) is 0.300. The molecule has 0 unspecified atom stereocenters. The number of carbonyl (C=O) groups excluding carboxylic acids is 1. The van der Waals surface area contributed by atoms with E-state index >= 15 is 0 Å². The van der Waals surface area contributed by atoms with E-state index in [1.807, 2.05) is 17.6 Å². The van der Waals surface area contributed by atoms with Gasteiger partial charge in [-0.3, -0.25) is 4.79 Å². The molecule has 0 saturated carbocycles. The van der Waals surface area contributed by atoms with Gasteiger partial charge in [0, 0.05) is 6.54 Å². The summed E-state index contributed by atoms with van der Waals surface area (Å²) in [4.78, 5) is 12.5. The molecule has 1 amide bonds. The average Bonchev–Trinajstić information content (AvgIpc) is 2.94. The molecular formula is C10H11BrN4OS. The number of aromatic nitrogens is 3. The minimum atomic E-state index is -0.0913. The second kappa shape index (κ2) is 5.42. The molecule has 0 fully saturated rings. The predicted octanol–water partition coefficient (Wildman–Crippen LogP) is 2.05. The van der Waals surface area contributed by atoms with E-state index < -0.39 is 0 Å². The molecule has 17 heavy (non-hydrogen) atoms. The minimum absolute atomic E-state index is 0.0913. The fourth-order valence-electron chi connectivity index (χ4n) is 1.36. The van der Waals surface area contributed by atoms with Gasteiger partial charge < -0.3 is 9.88 Å². The molecular weight excluding hydrogens is 304 g/mol. The zero-order valence-corrected chi connectivity index (χ0v) is 11.6. The number of aryl methyl sites for hydroxylation is 1. The molecule has 0 bridgehead atoms. The molecule has 2 heterocycles. The third-order valence-electron chi connectivity index (χ3n) is 2.24. The van der Waals surface area contributed by atoms with Gasteiger partial charge in [0.05, 0.1) is 15.2 Å². The summed E-state index contributed by atoms with van der Waals surface area (Å²) < 4.78 is 2.84. The molecule has 0 spiro atoms. The van der Waals surface area contributed by atoms with Crippen LogP contribution in [0.5, 0.6) is 0 Å². The van der Waals surface area contributed by atoms with E-state index in [2.05, 4.69) is 31.4 Å². The fourth-order valence-corrected chi connectivity index (χ4v) is 2.67. The Labute approximate surface area is 111 Å². The van der Waals surface area contributed by atoms with Crippen molar-refractivity contribution in [3.63, 3.8) is 0 Å². The van der Waals surface area contributed by atoms with Crippen molar-refractivity contribution >= 4 is 33.2 Å². The summed E-state index contributed by atoms with van der Waals surface area (Å²) in [5.74, 6) is 0.669. The molecule has 2 rings (SSSR count). The summed E-state index contributed by atoms with van der Waals surface area (Å²) in [7, 11) is 0. The zero-order chi connectivity index (χ0) is 12.3. The lowest BCUT2D eigenvalue weighted by molar-refractivity contribution is 0.0953. The number of thiophene rings is 1. The van der Waals surface area contributed by atoms with E-state index in [1.165, 1.54) is 11.3 Å². The monoisotopic (exact) mass is 314 g/mol. The quantitative estimate of drug-likeness (QED) is 0.939. The van der Waals surface area contributed by atoms with Crippen LogP contribution in [0.1, 0.15) is 22.4 Å². The summed E-state index contributed by atoms with van der Waals surface area (Å²) >= 11 is 4.73. The van der Waals surface area contributed by atoms with E-state index in [1.54, 1.807) is 12.4 Å². The van der Waals surface area contributed by atoms with E-state index in [0.717, 1.165) is 16.2 Å². The smallest absolute Gasteiger partial charge is 0.261 e. The lowest BCUT2D eigenvalue weighted by atomic mass is 10.4. The van der Waals surface area contributed by atoms with Crippen molar-refractivity contribution < 1.29 is 4.79 Å². The maximum atomic E-state index is 11.8. The van der Waals surface area contributed by atoms with E-state index in [9.17, 15) is 4.79 Å². The van der Waals surface area contributed by atoms with Crippen LogP contribution in [0.15, 0.2) is 22.2 Å². The number of hydrogen-bond acceptors (Lipinski definition) is 4. The van der Waals surface area contributed by atoms with Crippen LogP contribution in [0.25, 0.3) is 0 Å². The average molecular weight is 315 g/mol. The SMILES string of the molecule is CCn1cnnc1CNC(=O)c1ccc(Br)s1. The molecule has 0 aromatic carbocycles. The van der Waals surface area contributed by atoms with Crippen molar-refractivity contribution in [2.24, 2.45) is 0 Å². The first-order valence-electron chi connectivity index (χ1n) is 5.11. The summed E-state index contributed by atoms with van der Waals surface area (Å²) in [6.45, 7) is 3.19. The second-order valence-corrected chi connectivity index (χ2v) is 5.78. The molecule has 0 saturated heterocycles. The molecule has 7 heteroatoms. The van der Waals surface area contributed by atoms with Gasteiger partial charge in [-0.15, -0.1) is 21.5 Å². The molecule has 0 aliphatic rings. The van der Waals surface area contributed by atoms with Gasteiger partial charge >= 0.3 is 0 Å². The molecule has 2 aromatic heterocycles. The first-order valence-corrected chi connectivity index (χ1v) is 6.72. The Balaban J connectivity index is 1.97. The highest BCUT2D eigenvalue weighted by Gasteiger charge is 2.09. The largest absolute Gasteiger partial charge is 0.344 e. The number of amides is 1. The highest BCUT2D eigenvalue weighted by molar-refractivity contribution is 9.11. The highest BCUT2D eigenvalue weighted by Crippen LogP contribution is 2.21. The molecule has 0 aliphatic carbocycles. The van der Waals surface area contributed by atoms with Gasteiger partial charge in [-0.1, -0.05) is 0 Å². The molecule has 1 N–H and O–H groups in total. The first kappa shape index (κ1) is 12.3. The highest BCUT2D eigenvalue weighted by atomic mass is 79.9. The molecule has 2 aromatic rings. The van der Waals surface area contributed by atoms with Gasteiger partial charge in [-0.2, -0.15) is 0 Å². The Hall–Kier alpha value is -1.21. The Kier molecular flexibility index (Phi) is 3.90. The van der Waals surface area contributed by atoms with Crippen LogP contribution in [0.3, 0.4) is 0 Å². The number of nitrogens with zero attached hydrogens (tertiary/aromatic N) is 3. The van der Waals surface area contributed by atoms with Crippen LogP contribution < -0.4 is 5.32 Å². The van der Waals surface area contributed by atoms with Crippen molar-refractivity contribution in [1.29, 1.82) is 0 Å². The summed E-state index contributed by atoms with van der Waals surface area (Å²) in [5, 5.41) is 10.6. The number of nitrogens with one attached hydrogen (secondary N) is 1. The minimum Gasteiger partial charge on any atom is -0.344 e. The van der Waals surface area contributed by atoms with Gasteiger partial charge in [-0.05, 0) is 35.0 Å². The lowest BCUT2D eigenvalue weighted by Crippen LogP contribution is -2.23. The summed E-state index contributed by atoms with van der Waals surface area (Å²) in [6.07, 6.45) is 1.66. The van der Waals surface area contributed by atoms with Crippen molar-refractivity contribution in [2.75, 3.05) is 0 Å². The van der Waals surface area contributed by atoms with Gasteiger partial charge in [0.15, 0.2) is 5.82 Å².